The summed E-state index contributed by atoms with van der Waals surface area (Å²) in [6, 6.07) is 20.0. The van der Waals surface area contributed by atoms with Crippen molar-refractivity contribution in [2.45, 2.75) is 25.4 Å². The lowest BCUT2D eigenvalue weighted by atomic mass is 9.96. The number of allylic oxidation sites excluding steroid dienone is 1. The van der Waals surface area contributed by atoms with Crippen molar-refractivity contribution < 1.29 is 17.6 Å². The predicted octanol–water partition coefficient (Wildman–Crippen LogP) is 5.54. The van der Waals surface area contributed by atoms with E-state index in [1.807, 2.05) is 60.7 Å². The molecule has 0 spiro atoms. The first kappa shape index (κ1) is 17.9. The van der Waals surface area contributed by atoms with E-state index in [4.69, 9.17) is 0 Å². The van der Waals surface area contributed by atoms with Gasteiger partial charge in [-0.3, -0.25) is 0 Å². The van der Waals surface area contributed by atoms with Gasteiger partial charge in [0.25, 0.3) is 0 Å². The first-order chi connectivity index (χ1) is 12.5. The number of unbranched alkanes of at least 4 members (excludes halogenated alkanes) is 1. The van der Waals surface area contributed by atoms with Gasteiger partial charge in [-0.25, -0.2) is 0 Å². The third-order valence-electron chi connectivity index (χ3n) is 3.82. The molecule has 0 radical (unpaired) electrons. The molecular formula is C20H17F3N2O. The lowest BCUT2D eigenvalue weighted by molar-refractivity contribution is -0.157. The molecule has 1 aromatic heterocycles. The summed E-state index contributed by atoms with van der Waals surface area (Å²) in [5.74, 6) is -1.29. The highest BCUT2D eigenvalue weighted by Crippen LogP contribution is 2.28. The van der Waals surface area contributed by atoms with Crippen LogP contribution in [-0.2, 0) is 12.6 Å². The molecule has 3 nitrogen and oxygen atoms in total. The van der Waals surface area contributed by atoms with Crippen molar-refractivity contribution in [3.05, 3.63) is 89.6 Å². The molecule has 0 atom stereocenters. The summed E-state index contributed by atoms with van der Waals surface area (Å²) in [5, 5.41) is 6.50. The van der Waals surface area contributed by atoms with Gasteiger partial charge in [-0.15, -0.1) is 10.2 Å². The van der Waals surface area contributed by atoms with Crippen LogP contribution in [0.25, 0.3) is 5.57 Å². The molecule has 0 fully saturated rings. The van der Waals surface area contributed by atoms with Gasteiger partial charge in [0.05, 0.1) is 0 Å². The zero-order valence-corrected chi connectivity index (χ0v) is 13.9. The van der Waals surface area contributed by atoms with Gasteiger partial charge in [0, 0.05) is 6.42 Å². The van der Waals surface area contributed by atoms with E-state index in [-0.39, 0.29) is 5.89 Å². The van der Waals surface area contributed by atoms with Gasteiger partial charge in [0.15, 0.2) is 0 Å². The lowest BCUT2D eigenvalue weighted by Crippen LogP contribution is -2.04. The Morgan fingerprint density at radius 3 is 1.96 bits per heavy atom. The number of alkyl halides is 3. The minimum atomic E-state index is -4.60. The largest absolute Gasteiger partial charge is 0.470 e. The van der Waals surface area contributed by atoms with E-state index in [1.54, 1.807) is 0 Å². The fraction of sp³-hybridized carbons (Fsp3) is 0.200. The number of rotatable bonds is 6. The molecule has 3 rings (SSSR count). The maximum atomic E-state index is 12.5. The van der Waals surface area contributed by atoms with Crippen LogP contribution in [0.2, 0.25) is 0 Å². The fourth-order valence-electron chi connectivity index (χ4n) is 2.61. The fourth-order valence-corrected chi connectivity index (χ4v) is 2.61. The first-order valence-electron chi connectivity index (χ1n) is 8.24. The molecule has 1 heterocycles. The normalized spacial score (nSPS) is 11.3. The van der Waals surface area contributed by atoms with Crippen molar-refractivity contribution in [1.29, 1.82) is 0 Å². The predicted molar refractivity (Wildman–Crippen MR) is 92.2 cm³/mol. The van der Waals surface area contributed by atoms with Crippen molar-refractivity contribution >= 4 is 5.57 Å². The number of hydrogen-bond donors (Lipinski definition) is 0. The van der Waals surface area contributed by atoms with Crippen LogP contribution >= 0.6 is 0 Å². The average molecular weight is 358 g/mol. The van der Waals surface area contributed by atoms with Crippen molar-refractivity contribution in [2.24, 2.45) is 0 Å². The summed E-state index contributed by atoms with van der Waals surface area (Å²) < 4.78 is 42.1. The van der Waals surface area contributed by atoms with Gasteiger partial charge < -0.3 is 4.42 Å². The number of aryl methyl sites for hydroxylation is 1. The third kappa shape index (κ3) is 4.59. The van der Waals surface area contributed by atoms with Gasteiger partial charge in [-0.05, 0) is 29.5 Å². The minimum Gasteiger partial charge on any atom is -0.417 e. The maximum Gasteiger partial charge on any atom is 0.470 e. The second kappa shape index (κ2) is 7.99. The van der Waals surface area contributed by atoms with Gasteiger partial charge in [-0.1, -0.05) is 66.7 Å². The van der Waals surface area contributed by atoms with Crippen LogP contribution in [0.15, 0.2) is 71.2 Å². The summed E-state index contributed by atoms with van der Waals surface area (Å²) in [5.41, 5.74) is 3.28. The van der Waals surface area contributed by atoms with Crippen LogP contribution in [0.1, 0.15) is 35.7 Å². The molecule has 0 unspecified atom stereocenters. The molecule has 0 saturated heterocycles. The average Bonchev–Trinajstić information content (AvgIpc) is 3.13. The molecule has 0 N–H and O–H groups in total. The zero-order valence-electron chi connectivity index (χ0n) is 13.9. The summed E-state index contributed by atoms with van der Waals surface area (Å²) in [6.45, 7) is 0. The molecule has 0 aliphatic carbocycles. The molecule has 6 heteroatoms. The molecule has 0 amide bonds. The van der Waals surface area contributed by atoms with Gasteiger partial charge in [-0.2, -0.15) is 13.2 Å². The van der Waals surface area contributed by atoms with Crippen molar-refractivity contribution in [3.8, 4) is 0 Å². The quantitative estimate of drug-likeness (QED) is 0.543. The van der Waals surface area contributed by atoms with Crippen LogP contribution in [0.5, 0.6) is 0 Å². The van der Waals surface area contributed by atoms with E-state index in [9.17, 15) is 13.2 Å². The van der Waals surface area contributed by atoms with Crippen LogP contribution in [0.3, 0.4) is 0 Å². The highest BCUT2D eigenvalue weighted by molar-refractivity contribution is 5.79. The standard InChI is InChI=1S/C20H17F3N2O/c21-20(22,23)19-25-24-18(26-19)14-8-7-13-17(15-9-3-1-4-10-15)16-11-5-2-6-12-16/h1-6,9-13H,7-8,14H2. The van der Waals surface area contributed by atoms with E-state index in [2.05, 4.69) is 20.7 Å². The minimum absolute atomic E-state index is 0.00620. The van der Waals surface area contributed by atoms with Gasteiger partial charge in [0.1, 0.15) is 0 Å². The van der Waals surface area contributed by atoms with Gasteiger partial charge >= 0.3 is 12.1 Å². The molecule has 134 valence electrons. The number of benzene rings is 2. The molecule has 0 saturated carbocycles. The summed E-state index contributed by atoms with van der Waals surface area (Å²) in [4.78, 5) is 0. The van der Waals surface area contributed by atoms with Gasteiger partial charge in [0.2, 0.25) is 5.89 Å². The number of hydrogen-bond acceptors (Lipinski definition) is 3. The van der Waals surface area contributed by atoms with E-state index in [1.165, 1.54) is 0 Å². The third-order valence-corrected chi connectivity index (χ3v) is 3.82. The van der Waals surface area contributed by atoms with E-state index < -0.39 is 12.1 Å². The Labute approximate surface area is 149 Å². The first-order valence-corrected chi connectivity index (χ1v) is 8.24. The lowest BCUT2D eigenvalue weighted by Gasteiger charge is -2.08. The Bertz CT molecular complexity index is 814. The molecule has 0 bridgehead atoms. The Morgan fingerprint density at radius 1 is 0.885 bits per heavy atom. The number of nitrogens with zero attached hydrogens (tertiary/aromatic N) is 2. The summed E-state index contributed by atoms with van der Waals surface area (Å²) in [7, 11) is 0. The van der Waals surface area contributed by atoms with E-state index in [0.717, 1.165) is 16.7 Å². The monoisotopic (exact) mass is 358 g/mol. The second-order valence-electron chi connectivity index (χ2n) is 5.74. The highest BCUT2D eigenvalue weighted by atomic mass is 19.4. The van der Waals surface area contributed by atoms with Crippen LogP contribution in [0.4, 0.5) is 13.2 Å². The number of halogens is 3. The van der Waals surface area contributed by atoms with Crippen LogP contribution in [0, 0.1) is 0 Å². The molecule has 26 heavy (non-hydrogen) atoms. The molecular weight excluding hydrogens is 341 g/mol. The summed E-state index contributed by atoms with van der Waals surface area (Å²) >= 11 is 0. The topological polar surface area (TPSA) is 38.9 Å². The Kier molecular flexibility index (Phi) is 5.51. The van der Waals surface area contributed by atoms with Crippen molar-refractivity contribution in [1.82, 2.24) is 10.2 Å². The molecule has 2 aromatic carbocycles. The van der Waals surface area contributed by atoms with E-state index >= 15 is 0 Å². The zero-order chi connectivity index (χ0) is 18.4. The Hall–Kier alpha value is -2.89. The molecule has 0 aliphatic rings. The Morgan fingerprint density at radius 2 is 1.46 bits per heavy atom. The van der Waals surface area contributed by atoms with E-state index in [0.29, 0.717) is 19.3 Å². The maximum absolute atomic E-state index is 12.5. The highest BCUT2D eigenvalue weighted by Gasteiger charge is 2.37. The van der Waals surface area contributed by atoms with Crippen molar-refractivity contribution in [3.63, 3.8) is 0 Å². The van der Waals surface area contributed by atoms with Crippen molar-refractivity contribution in [2.75, 3.05) is 0 Å². The SMILES string of the molecule is FC(F)(F)c1nnc(CCCC=C(c2ccccc2)c2ccccc2)o1. The second-order valence-corrected chi connectivity index (χ2v) is 5.74. The molecule has 3 aromatic rings. The number of aromatic nitrogens is 2. The van der Waals surface area contributed by atoms with Crippen LogP contribution < -0.4 is 0 Å². The smallest absolute Gasteiger partial charge is 0.417 e. The Balaban J connectivity index is 1.69. The molecule has 0 aliphatic heterocycles. The summed E-state index contributed by atoms with van der Waals surface area (Å²) in [6.07, 6.45) is -0.910. The van der Waals surface area contributed by atoms with Crippen LogP contribution in [-0.4, -0.2) is 10.2 Å².